The van der Waals surface area contributed by atoms with Crippen LogP contribution in [-0.2, 0) is 17.6 Å². The molecule has 0 fully saturated rings. The average molecular weight is 418 g/mol. The molecule has 0 spiro atoms. The molecule has 0 saturated heterocycles. The first-order chi connectivity index (χ1) is 14.7. The Kier molecular flexibility index (Phi) is 6.15. The van der Waals surface area contributed by atoms with Crippen LogP contribution in [0.2, 0.25) is 5.02 Å². The summed E-state index contributed by atoms with van der Waals surface area (Å²) in [6.45, 7) is 2.09. The van der Waals surface area contributed by atoms with E-state index in [1.165, 1.54) is 0 Å². The summed E-state index contributed by atoms with van der Waals surface area (Å²) in [6.07, 6.45) is 4.62. The normalized spacial score (nSPS) is 11.0. The van der Waals surface area contributed by atoms with Crippen molar-refractivity contribution in [3.05, 3.63) is 83.0 Å². The maximum absolute atomic E-state index is 12.5. The molecule has 5 heteroatoms. The first-order valence-corrected chi connectivity index (χ1v) is 10.6. The maximum Gasteiger partial charge on any atom is 0.224 e. The number of hydrogen-bond donors (Lipinski definition) is 2. The minimum Gasteiger partial charge on any atom is -0.353 e. The Morgan fingerprint density at radius 2 is 1.93 bits per heavy atom. The Balaban J connectivity index is 1.52. The van der Waals surface area contributed by atoms with E-state index in [2.05, 4.69) is 22.2 Å². The second kappa shape index (κ2) is 9.14. The molecule has 4 aromatic rings. The number of fused-ring (bicyclic) bond motifs is 1. The summed E-state index contributed by atoms with van der Waals surface area (Å²) in [7, 11) is 0. The van der Waals surface area contributed by atoms with Crippen LogP contribution < -0.4 is 5.32 Å². The topological polar surface area (TPSA) is 57.8 Å². The van der Waals surface area contributed by atoms with Gasteiger partial charge in [0.2, 0.25) is 5.91 Å². The van der Waals surface area contributed by atoms with Crippen LogP contribution in [0.3, 0.4) is 0 Å². The quantitative estimate of drug-likeness (QED) is 0.365. The molecule has 0 unspecified atom stereocenters. The van der Waals surface area contributed by atoms with Crippen molar-refractivity contribution in [2.45, 2.75) is 32.6 Å². The van der Waals surface area contributed by atoms with Crippen molar-refractivity contribution in [2.24, 2.45) is 0 Å². The second-order valence-electron chi connectivity index (χ2n) is 7.30. The van der Waals surface area contributed by atoms with Crippen LogP contribution in [0.1, 0.15) is 30.9 Å². The lowest BCUT2D eigenvalue weighted by Gasteiger charge is -2.10. The summed E-state index contributed by atoms with van der Waals surface area (Å²) in [6, 6.07) is 19.7. The van der Waals surface area contributed by atoms with E-state index in [1.807, 2.05) is 60.7 Å². The number of rotatable bonds is 7. The van der Waals surface area contributed by atoms with Gasteiger partial charge in [-0.1, -0.05) is 42.8 Å². The van der Waals surface area contributed by atoms with Gasteiger partial charge in [0.15, 0.2) is 0 Å². The van der Waals surface area contributed by atoms with Crippen molar-refractivity contribution in [2.75, 3.05) is 5.32 Å². The summed E-state index contributed by atoms with van der Waals surface area (Å²) in [5.41, 5.74) is 6.10. The summed E-state index contributed by atoms with van der Waals surface area (Å²) < 4.78 is 0. The highest BCUT2D eigenvalue weighted by molar-refractivity contribution is 6.31. The molecule has 2 heterocycles. The fourth-order valence-corrected chi connectivity index (χ4v) is 3.97. The largest absolute Gasteiger partial charge is 0.353 e. The number of aryl methyl sites for hydroxylation is 2. The zero-order valence-corrected chi connectivity index (χ0v) is 17.7. The molecule has 4 nitrogen and oxygen atoms in total. The van der Waals surface area contributed by atoms with E-state index in [-0.39, 0.29) is 5.91 Å². The maximum atomic E-state index is 12.5. The molecule has 0 aliphatic carbocycles. The molecule has 0 atom stereocenters. The van der Waals surface area contributed by atoms with Gasteiger partial charge >= 0.3 is 0 Å². The minimum atomic E-state index is 0.0353. The second-order valence-corrected chi connectivity index (χ2v) is 7.73. The summed E-state index contributed by atoms with van der Waals surface area (Å²) in [5, 5.41) is 4.84. The molecular weight excluding hydrogens is 394 g/mol. The number of carbonyl (C=O) groups excluding carboxylic acids is 1. The van der Waals surface area contributed by atoms with Crippen molar-refractivity contribution in [3.8, 4) is 11.4 Å². The molecule has 0 saturated carbocycles. The van der Waals surface area contributed by atoms with Gasteiger partial charge in [0, 0.05) is 34.2 Å². The third kappa shape index (κ3) is 4.39. The predicted molar refractivity (Wildman–Crippen MR) is 124 cm³/mol. The molecular formula is C25H24ClN3O. The lowest BCUT2D eigenvalue weighted by molar-refractivity contribution is -0.116. The number of H-pyrrole nitrogens is 1. The van der Waals surface area contributed by atoms with E-state index < -0.39 is 0 Å². The average Bonchev–Trinajstić information content (AvgIpc) is 3.12. The fourth-order valence-electron chi connectivity index (χ4n) is 3.80. The number of aromatic nitrogens is 2. The lowest BCUT2D eigenvalue weighted by Crippen LogP contribution is -2.12. The van der Waals surface area contributed by atoms with Gasteiger partial charge in [-0.3, -0.25) is 9.78 Å². The number of halogens is 1. The fraction of sp³-hybridized carbons (Fsp3) is 0.200. The minimum absolute atomic E-state index is 0.0353. The van der Waals surface area contributed by atoms with Crippen LogP contribution in [0.5, 0.6) is 0 Å². The highest BCUT2D eigenvalue weighted by Crippen LogP contribution is 2.32. The van der Waals surface area contributed by atoms with Crippen LogP contribution in [0.15, 0.2) is 66.9 Å². The molecule has 0 aliphatic heterocycles. The Morgan fingerprint density at radius 1 is 1.10 bits per heavy atom. The summed E-state index contributed by atoms with van der Waals surface area (Å²) in [4.78, 5) is 20.5. The van der Waals surface area contributed by atoms with Crippen LogP contribution in [-0.4, -0.2) is 15.9 Å². The van der Waals surface area contributed by atoms with Crippen molar-refractivity contribution in [1.29, 1.82) is 0 Å². The number of pyridine rings is 1. The van der Waals surface area contributed by atoms with Gasteiger partial charge in [0.25, 0.3) is 0 Å². The monoisotopic (exact) mass is 417 g/mol. The zero-order chi connectivity index (χ0) is 20.9. The molecule has 30 heavy (non-hydrogen) atoms. The van der Waals surface area contributed by atoms with E-state index >= 15 is 0 Å². The number of benzene rings is 2. The molecule has 1 amide bonds. The van der Waals surface area contributed by atoms with Crippen molar-refractivity contribution < 1.29 is 4.79 Å². The number of nitrogens with zero attached hydrogens (tertiary/aromatic N) is 1. The summed E-state index contributed by atoms with van der Waals surface area (Å²) in [5.74, 6) is 0.0353. The number of para-hydroxylation sites is 1. The molecule has 0 bridgehead atoms. The smallest absolute Gasteiger partial charge is 0.224 e. The first-order valence-electron chi connectivity index (χ1n) is 10.2. The third-order valence-electron chi connectivity index (χ3n) is 5.29. The molecule has 152 valence electrons. The number of amides is 1. The van der Waals surface area contributed by atoms with E-state index in [0.29, 0.717) is 11.4 Å². The Labute approximate surface area is 181 Å². The van der Waals surface area contributed by atoms with Crippen LogP contribution in [0, 0.1) is 0 Å². The van der Waals surface area contributed by atoms with Gasteiger partial charge in [-0.25, -0.2) is 0 Å². The Bertz CT molecular complexity index is 1170. The van der Waals surface area contributed by atoms with Crippen LogP contribution >= 0.6 is 11.6 Å². The van der Waals surface area contributed by atoms with Crippen molar-refractivity contribution in [3.63, 3.8) is 0 Å². The highest BCUT2D eigenvalue weighted by Gasteiger charge is 2.15. The molecule has 2 aromatic carbocycles. The highest BCUT2D eigenvalue weighted by atomic mass is 35.5. The predicted octanol–water partition coefficient (Wildman–Crippen LogP) is 6.41. The number of nitrogens with one attached hydrogen (secondary N) is 2. The van der Waals surface area contributed by atoms with Crippen molar-refractivity contribution in [1.82, 2.24) is 9.97 Å². The molecule has 0 radical (unpaired) electrons. The first kappa shape index (κ1) is 20.2. The number of anilines is 1. The van der Waals surface area contributed by atoms with Gasteiger partial charge < -0.3 is 10.3 Å². The van der Waals surface area contributed by atoms with E-state index in [0.717, 1.165) is 58.4 Å². The third-order valence-corrected chi connectivity index (χ3v) is 5.53. The van der Waals surface area contributed by atoms with Gasteiger partial charge in [0.1, 0.15) is 0 Å². The van der Waals surface area contributed by atoms with Crippen LogP contribution in [0.4, 0.5) is 5.69 Å². The van der Waals surface area contributed by atoms with Gasteiger partial charge in [-0.15, -0.1) is 0 Å². The van der Waals surface area contributed by atoms with E-state index in [1.54, 1.807) is 6.20 Å². The molecule has 4 rings (SSSR count). The number of aromatic amines is 1. The number of carbonyl (C=O) groups is 1. The van der Waals surface area contributed by atoms with E-state index in [9.17, 15) is 4.79 Å². The van der Waals surface area contributed by atoms with E-state index in [4.69, 9.17) is 11.6 Å². The molecule has 2 N–H and O–H groups in total. The zero-order valence-electron chi connectivity index (χ0n) is 16.9. The van der Waals surface area contributed by atoms with Gasteiger partial charge in [-0.2, -0.15) is 0 Å². The summed E-state index contributed by atoms with van der Waals surface area (Å²) >= 11 is 6.26. The Morgan fingerprint density at radius 3 is 2.73 bits per heavy atom. The van der Waals surface area contributed by atoms with Gasteiger partial charge in [-0.05, 0) is 66.8 Å². The van der Waals surface area contributed by atoms with Crippen LogP contribution in [0.25, 0.3) is 22.3 Å². The SMILES string of the molecule is CCc1ccccc1NC(=O)CCCc1c(-c2ccccn2)[nH]c2ccc(Cl)cc12. The van der Waals surface area contributed by atoms with Crippen molar-refractivity contribution >= 4 is 34.1 Å². The van der Waals surface area contributed by atoms with Gasteiger partial charge in [0.05, 0.1) is 11.4 Å². The Hall–Kier alpha value is -3.11. The standard InChI is InChI=1S/C25H24ClN3O/c1-2-17-8-3-4-10-21(17)28-24(30)12-7-9-19-20-16-18(26)13-14-22(20)29-25(19)23-11-5-6-15-27-23/h3-6,8,10-11,13-16,29H,2,7,9,12H2,1H3,(H,28,30). The molecule has 2 aromatic heterocycles. The lowest BCUT2D eigenvalue weighted by atomic mass is 10.0. The number of hydrogen-bond acceptors (Lipinski definition) is 2. The molecule has 0 aliphatic rings.